The Labute approximate surface area is 142 Å². The van der Waals surface area contributed by atoms with Crippen LogP contribution >= 0.6 is 0 Å². The number of carbonyl (C=O) groups is 1. The van der Waals surface area contributed by atoms with Crippen molar-refractivity contribution in [3.05, 3.63) is 47.8 Å². The molecule has 1 aliphatic heterocycles. The minimum absolute atomic E-state index is 0.00436. The molecule has 6 nitrogen and oxygen atoms in total. The van der Waals surface area contributed by atoms with Crippen molar-refractivity contribution in [1.82, 2.24) is 24.8 Å². The van der Waals surface area contributed by atoms with Crippen LogP contribution in [0.1, 0.15) is 42.8 Å². The van der Waals surface area contributed by atoms with Crippen LogP contribution in [0.25, 0.3) is 0 Å². The van der Waals surface area contributed by atoms with Gasteiger partial charge in [-0.05, 0) is 12.1 Å². The van der Waals surface area contributed by atoms with Gasteiger partial charge in [0.25, 0.3) is 5.91 Å². The molecule has 0 spiro atoms. The summed E-state index contributed by atoms with van der Waals surface area (Å²) in [6.45, 7) is 10.1. The van der Waals surface area contributed by atoms with Crippen molar-refractivity contribution >= 4 is 5.91 Å². The van der Waals surface area contributed by atoms with Gasteiger partial charge in [-0.15, -0.1) is 0 Å². The van der Waals surface area contributed by atoms with Crippen LogP contribution in [0, 0.1) is 0 Å². The highest BCUT2D eigenvalue weighted by Crippen LogP contribution is 2.20. The normalized spacial score (nSPS) is 15.5. The van der Waals surface area contributed by atoms with Gasteiger partial charge in [-0.3, -0.25) is 9.78 Å². The van der Waals surface area contributed by atoms with E-state index in [4.69, 9.17) is 4.98 Å². The fraction of sp³-hybridized carbons (Fsp3) is 0.500. The van der Waals surface area contributed by atoms with Gasteiger partial charge in [0.2, 0.25) is 0 Å². The molecular weight excluding hydrogens is 302 g/mol. The average molecular weight is 327 g/mol. The van der Waals surface area contributed by atoms with Crippen molar-refractivity contribution in [2.24, 2.45) is 0 Å². The van der Waals surface area contributed by atoms with Gasteiger partial charge >= 0.3 is 0 Å². The summed E-state index contributed by atoms with van der Waals surface area (Å²) >= 11 is 0. The molecule has 3 rings (SSSR count). The highest BCUT2D eigenvalue weighted by molar-refractivity contribution is 5.91. The lowest BCUT2D eigenvalue weighted by Crippen LogP contribution is -2.47. The van der Waals surface area contributed by atoms with Crippen molar-refractivity contribution < 1.29 is 4.79 Å². The van der Waals surface area contributed by atoms with Gasteiger partial charge in [-0.1, -0.05) is 26.8 Å². The molecule has 0 atom stereocenters. The van der Waals surface area contributed by atoms with E-state index in [0.29, 0.717) is 12.4 Å². The number of nitrogens with zero attached hydrogens (tertiary/aromatic N) is 4. The fourth-order valence-corrected chi connectivity index (χ4v) is 2.80. The van der Waals surface area contributed by atoms with Gasteiger partial charge in [-0.25, -0.2) is 4.98 Å². The molecular formula is C18H25N5O. The summed E-state index contributed by atoms with van der Waals surface area (Å²) in [5, 5.41) is 3.26. The number of imidazole rings is 1. The van der Waals surface area contributed by atoms with Crippen LogP contribution in [0.2, 0.25) is 0 Å². The van der Waals surface area contributed by atoms with E-state index >= 15 is 0 Å². The summed E-state index contributed by atoms with van der Waals surface area (Å²) in [5.41, 5.74) is 1.99. The molecule has 0 bridgehead atoms. The van der Waals surface area contributed by atoms with Gasteiger partial charge in [-0.2, -0.15) is 0 Å². The second kappa shape index (κ2) is 6.73. The Hall–Kier alpha value is -2.21. The molecule has 6 heteroatoms. The number of aromatic nitrogens is 3. The quantitative estimate of drug-likeness (QED) is 0.931. The third-order valence-electron chi connectivity index (χ3n) is 4.22. The molecule has 1 amide bonds. The summed E-state index contributed by atoms with van der Waals surface area (Å²) in [6, 6.07) is 6.07. The Morgan fingerprint density at radius 2 is 2.00 bits per heavy atom. The van der Waals surface area contributed by atoms with E-state index in [9.17, 15) is 4.79 Å². The van der Waals surface area contributed by atoms with Crippen molar-refractivity contribution in [2.45, 2.75) is 32.7 Å². The average Bonchev–Trinajstić information content (AvgIpc) is 3.02. The first-order valence-corrected chi connectivity index (χ1v) is 8.43. The zero-order chi connectivity index (χ0) is 17.2. The SMILES string of the molecule is CC(C)(C)c1cccc(Cn2ccnc2C(=O)N2CCNCC2)n1. The van der Waals surface area contributed by atoms with Gasteiger partial charge in [0.05, 0.1) is 12.2 Å². The predicted molar refractivity (Wildman–Crippen MR) is 93.0 cm³/mol. The molecule has 0 unspecified atom stereocenters. The van der Waals surface area contributed by atoms with Gasteiger partial charge in [0.15, 0.2) is 5.82 Å². The number of hydrogen-bond acceptors (Lipinski definition) is 4. The molecule has 1 aliphatic rings. The predicted octanol–water partition coefficient (Wildman–Crippen LogP) is 1.67. The summed E-state index contributed by atoms with van der Waals surface area (Å²) in [4.78, 5) is 23.6. The van der Waals surface area contributed by atoms with E-state index in [1.54, 1.807) is 6.20 Å². The number of rotatable bonds is 3. The zero-order valence-corrected chi connectivity index (χ0v) is 14.6. The van der Waals surface area contributed by atoms with Crippen molar-refractivity contribution in [2.75, 3.05) is 26.2 Å². The molecule has 3 heterocycles. The molecule has 0 aromatic carbocycles. The molecule has 1 saturated heterocycles. The van der Waals surface area contributed by atoms with Crippen LogP contribution in [0.15, 0.2) is 30.6 Å². The largest absolute Gasteiger partial charge is 0.333 e. The van der Waals surface area contributed by atoms with Crippen LogP contribution in [-0.2, 0) is 12.0 Å². The van der Waals surface area contributed by atoms with Crippen LogP contribution < -0.4 is 5.32 Å². The fourth-order valence-electron chi connectivity index (χ4n) is 2.80. The van der Waals surface area contributed by atoms with E-state index in [2.05, 4.69) is 31.1 Å². The molecule has 128 valence electrons. The Balaban J connectivity index is 1.80. The van der Waals surface area contributed by atoms with Crippen molar-refractivity contribution in [1.29, 1.82) is 0 Å². The van der Waals surface area contributed by atoms with Crippen molar-refractivity contribution in [3.63, 3.8) is 0 Å². The maximum Gasteiger partial charge on any atom is 0.289 e. The van der Waals surface area contributed by atoms with E-state index in [1.165, 1.54) is 0 Å². The molecule has 0 radical (unpaired) electrons. The number of piperazine rings is 1. The zero-order valence-electron chi connectivity index (χ0n) is 14.6. The van der Waals surface area contributed by atoms with E-state index in [0.717, 1.165) is 37.6 Å². The van der Waals surface area contributed by atoms with E-state index in [1.807, 2.05) is 33.9 Å². The number of hydrogen-bond donors (Lipinski definition) is 1. The number of carbonyl (C=O) groups excluding carboxylic acids is 1. The Bertz CT molecular complexity index is 710. The first-order valence-electron chi connectivity index (χ1n) is 8.43. The first-order chi connectivity index (χ1) is 11.4. The summed E-state index contributed by atoms with van der Waals surface area (Å²) in [7, 11) is 0. The number of nitrogens with one attached hydrogen (secondary N) is 1. The summed E-state index contributed by atoms with van der Waals surface area (Å²) in [5.74, 6) is 0.480. The maximum absolute atomic E-state index is 12.7. The minimum atomic E-state index is -0.00604. The molecule has 0 saturated carbocycles. The Morgan fingerprint density at radius 3 is 2.71 bits per heavy atom. The maximum atomic E-state index is 12.7. The molecule has 2 aromatic rings. The number of pyridine rings is 1. The third kappa shape index (κ3) is 3.64. The second-order valence-corrected chi connectivity index (χ2v) is 7.19. The Morgan fingerprint density at radius 1 is 1.25 bits per heavy atom. The summed E-state index contributed by atoms with van der Waals surface area (Å²) < 4.78 is 1.89. The monoisotopic (exact) mass is 327 g/mol. The van der Waals surface area contributed by atoms with Crippen LogP contribution in [0.3, 0.4) is 0 Å². The third-order valence-corrected chi connectivity index (χ3v) is 4.22. The smallest absolute Gasteiger partial charge is 0.289 e. The molecule has 1 N–H and O–H groups in total. The highest BCUT2D eigenvalue weighted by atomic mass is 16.2. The first kappa shape index (κ1) is 16.6. The van der Waals surface area contributed by atoms with Crippen LogP contribution in [0.4, 0.5) is 0 Å². The topological polar surface area (TPSA) is 63.1 Å². The molecule has 2 aromatic heterocycles. The van der Waals surface area contributed by atoms with Gasteiger partial charge in [0.1, 0.15) is 0 Å². The van der Waals surface area contributed by atoms with Crippen LogP contribution in [-0.4, -0.2) is 51.5 Å². The van der Waals surface area contributed by atoms with E-state index < -0.39 is 0 Å². The molecule has 24 heavy (non-hydrogen) atoms. The van der Waals surface area contributed by atoms with Crippen molar-refractivity contribution in [3.8, 4) is 0 Å². The lowest BCUT2D eigenvalue weighted by atomic mass is 9.91. The summed E-state index contributed by atoms with van der Waals surface area (Å²) in [6.07, 6.45) is 3.53. The van der Waals surface area contributed by atoms with Gasteiger partial charge in [0, 0.05) is 49.7 Å². The lowest BCUT2D eigenvalue weighted by Gasteiger charge is -2.27. The minimum Gasteiger partial charge on any atom is -0.333 e. The molecule has 1 fully saturated rings. The van der Waals surface area contributed by atoms with E-state index in [-0.39, 0.29) is 11.3 Å². The lowest BCUT2D eigenvalue weighted by molar-refractivity contribution is 0.0719. The second-order valence-electron chi connectivity index (χ2n) is 7.19. The van der Waals surface area contributed by atoms with Crippen LogP contribution in [0.5, 0.6) is 0 Å². The highest BCUT2D eigenvalue weighted by Gasteiger charge is 2.22. The standard InChI is InChI=1S/C18H25N5O/c1-18(2,3)15-6-4-5-14(21-15)13-23-12-9-20-16(23)17(24)22-10-7-19-8-11-22/h4-6,9,12,19H,7-8,10-11,13H2,1-3H3. The molecule has 0 aliphatic carbocycles. The van der Waals surface area contributed by atoms with Gasteiger partial charge < -0.3 is 14.8 Å². The number of amides is 1. The Kier molecular flexibility index (Phi) is 4.66.